The molecule has 0 spiro atoms. The van der Waals surface area contributed by atoms with Gasteiger partial charge in [-0.1, -0.05) is 39.4 Å². The van der Waals surface area contributed by atoms with E-state index in [1.807, 2.05) is 0 Å². The summed E-state index contributed by atoms with van der Waals surface area (Å²) in [4.78, 5) is 9.39. The van der Waals surface area contributed by atoms with Gasteiger partial charge in [-0.15, -0.1) is 0 Å². The number of nitrogens with zero attached hydrogens (tertiary/aromatic N) is 2. The summed E-state index contributed by atoms with van der Waals surface area (Å²) in [7, 11) is -1.41. The van der Waals surface area contributed by atoms with Crippen molar-refractivity contribution in [3.05, 3.63) is 41.3 Å². The van der Waals surface area contributed by atoms with E-state index in [0.717, 1.165) is 23.0 Å². The Hall–Kier alpha value is -1.48. The molecule has 2 heterocycles. The van der Waals surface area contributed by atoms with Crippen molar-refractivity contribution in [2.24, 2.45) is 5.92 Å². The SMILES string of the molecule is Cc1cc(-c2cc(C(C)C3CCCC3)c([Si](C)(C)C)cn2)cc(C)n1. The molecule has 0 aliphatic heterocycles. The van der Waals surface area contributed by atoms with Crippen LogP contribution in [0.5, 0.6) is 0 Å². The third kappa shape index (κ3) is 4.03. The quantitative estimate of drug-likeness (QED) is 0.669. The van der Waals surface area contributed by atoms with Gasteiger partial charge in [0.2, 0.25) is 0 Å². The molecule has 0 radical (unpaired) electrons. The van der Waals surface area contributed by atoms with Crippen LogP contribution in [0.25, 0.3) is 11.3 Å². The van der Waals surface area contributed by atoms with Gasteiger partial charge in [-0.2, -0.15) is 0 Å². The van der Waals surface area contributed by atoms with Crippen LogP contribution in [0.3, 0.4) is 0 Å². The minimum absolute atomic E-state index is 0.634. The minimum atomic E-state index is -1.41. The Balaban J connectivity index is 2.09. The van der Waals surface area contributed by atoms with E-state index in [0.29, 0.717) is 5.92 Å². The van der Waals surface area contributed by atoms with Gasteiger partial charge in [0.1, 0.15) is 0 Å². The van der Waals surface area contributed by atoms with E-state index < -0.39 is 8.07 Å². The predicted molar refractivity (Wildman–Crippen MR) is 110 cm³/mol. The van der Waals surface area contributed by atoms with Crippen molar-refractivity contribution in [1.29, 1.82) is 0 Å². The number of rotatable bonds is 4. The van der Waals surface area contributed by atoms with Gasteiger partial charge in [0.15, 0.2) is 0 Å². The molecule has 1 fully saturated rings. The fourth-order valence-electron chi connectivity index (χ4n) is 4.33. The van der Waals surface area contributed by atoms with Gasteiger partial charge in [-0.05, 0) is 67.5 Å². The second kappa shape index (κ2) is 7.03. The standard InChI is InChI=1S/C22H32N2Si/c1-15-11-19(12-16(2)24-15)21-13-20(17(3)18-9-7-8-10-18)22(14-23-21)25(4,5)6/h11-14,17-18H,7-10H2,1-6H3. The molecule has 1 unspecified atom stereocenters. The zero-order chi connectivity index (χ0) is 18.2. The first-order chi connectivity index (χ1) is 11.8. The van der Waals surface area contributed by atoms with Crippen LogP contribution in [0.4, 0.5) is 0 Å². The van der Waals surface area contributed by atoms with Gasteiger partial charge in [-0.25, -0.2) is 0 Å². The van der Waals surface area contributed by atoms with Crippen LogP contribution in [0.15, 0.2) is 24.4 Å². The van der Waals surface area contributed by atoms with Crippen LogP contribution in [0.1, 0.15) is 55.5 Å². The van der Waals surface area contributed by atoms with Crippen LogP contribution in [0, 0.1) is 19.8 Å². The maximum absolute atomic E-state index is 4.87. The maximum atomic E-state index is 4.87. The topological polar surface area (TPSA) is 25.8 Å². The first-order valence-corrected chi connectivity index (χ1v) is 13.2. The lowest BCUT2D eigenvalue weighted by molar-refractivity contribution is 0.462. The van der Waals surface area contributed by atoms with E-state index in [4.69, 9.17) is 4.98 Å². The summed E-state index contributed by atoms with van der Waals surface area (Å²) in [6, 6.07) is 6.71. The van der Waals surface area contributed by atoms with Crippen LogP contribution in [-0.2, 0) is 0 Å². The molecular weight excluding hydrogens is 320 g/mol. The van der Waals surface area contributed by atoms with Crippen molar-refractivity contribution in [1.82, 2.24) is 9.97 Å². The first kappa shape index (κ1) is 18.3. The first-order valence-electron chi connectivity index (χ1n) is 9.72. The largest absolute Gasteiger partial charge is 0.258 e. The lowest BCUT2D eigenvalue weighted by Gasteiger charge is -2.28. The molecular formula is C22H32N2Si. The Labute approximate surface area is 154 Å². The molecule has 1 aliphatic rings. The smallest absolute Gasteiger partial charge is 0.0799 e. The molecule has 2 aromatic heterocycles. The van der Waals surface area contributed by atoms with E-state index in [2.05, 4.69) is 69.8 Å². The lowest BCUT2D eigenvalue weighted by atomic mass is 9.86. The predicted octanol–water partition coefficient (Wildman–Crippen LogP) is 5.60. The number of hydrogen-bond donors (Lipinski definition) is 0. The maximum Gasteiger partial charge on any atom is 0.0799 e. The molecule has 25 heavy (non-hydrogen) atoms. The molecule has 0 bridgehead atoms. The average Bonchev–Trinajstić information content (AvgIpc) is 3.06. The van der Waals surface area contributed by atoms with Crippen molar-refractivity contribution >= 4 is 13.3 Å². The normalized spacial score (nSPS) is 17.0. The van der Waals surface area contributed by atoms with Gasteiger partial charge in [0, 0.05) is 23.1 Å². The van der Waals surface area contributed by atoms with Gasteiger partial charge in [0.25, 0.3) is 0 Å². The third-order valence-corrected chi connectivity index (χ3v) is 7.75. The molecule has 1 aliphatic carbocycles. The summed E-state index contributed by atoms with van der Waals surface area (Å²) in [5, 5.41) is 1.54. The van der Waals surface area contributed by atoms with Crippen LogP contribution in [-0.4, -0.2) is 18.0 Å². The van der Waals surface area contributed by atoms with Gasteiger partial charge < -0.3 is 0 Å². The Morgan fingerprint density at radius 2 is 1.60 bits per heavy atom. The van der Waals surface area contributed by atoms with Crippen LogP contribution in [0.2, 0.25) is 19.6 Å². The summed E-state index contributed by atoms with van der Waals surface area (Å²) >= 11 is 0. The Kier molecular flexibility index (Phi) is 5.15. The minimum Gasteiger partial charge on any atom is -0.258 e. The molecule has 3 rings (SSSR count). The number of aryl methyl sites for hydroxylation is 2. The van der Waals surface area contributed by atoms with Gasteiger partial charge >= 0.3 is 0 Å². The third-order valence-electron chi connectivity index (χ3n) is 5.72. The van der Waals surface area contributed by atoms with Crippen molar-refractivity contribution in [2.75, 3.05) is 0 Å². The summed E-state index contributed by atoms with van der Waals surface area (Å²) in [6.07, 6.45) is 7.76. The van der Waals surface area contributed by atoms with Crippen LogP contribution < -0.4 is 5.19 Å². The van der Waals surface area contributed by atoms with Crippen molar-refractivity contribution in [3.8, 4) is 11.3 Å². The van der Waals surface area contributed by atoms with E-state index in [1.165, 1.54) is 36.4 Å². The highest BCUT2D eigenvalue weighted by Gasteiger charge is 2.29. The number of hydrogen-bond acceptors (Lipinski definition) is 2. The molecule has 2 aromatic rings. The zero-order valence-corrected chi connectivity index (χ0v) is 17.7. The van der Waals surface area contributed by atoms with E-state index in [1.54, 1.807) is 5.56 Å². The Morgan fingerprint density at radius 3 is 2.16 bits per heavy atom. The highest BCUT2D eigenvalue weighted by Crippen LogP contribution is 2.37. The molecule has 1 saturated carbocycles. The molecule has 0 amide bonds. The molecule has 0 saturated heterocycles. The molecule has 2 nitrogen and oxygen atoms in total. The highest BCUT2D eigenvalue weighted by atomic mass is 28.3. The average molecular weight is 353 g/mol. The van der Waals surface area contributed by atoms with E-state index in [9.17, 15) is 0 Å². The summed E-state index contributed by atoms with van der Waals surface area (Å²) in [5.41, 5.74) is 6.00. The van der Waals surface area contributed by atoms with E-state index >= 15 is 0 Å². The van der Waals surface area contributed by atoms with Gasteiger partial charge in [0.05, 0.1) is 13.8 Å². The van der Waals surface area contributed by atoms with Crippen molar-refractivity contribution < 1.29 is 0 Å². The number of pyridine rings is 2. The molecule has 1 atom stereocenters. The van der Waals surface area contributed by atoms with E-state index in [-0.39, 0.29) is 0 Å². The Morgan fingerprint density at radius 1 is 1.00 bits per heavy atom. The van der Waals surface area contributed by atoms with Crippen LogP contribution >= 0.6 is 0 Å². The molecule has 134 valence electrons. The second-order valence-electron chi connectivity index (χ2n) is 8.88. The molecule has 3 heteroatoms. The lowest BCUT2D eigenvalue weighted by Crippen LogP contribution is -2.41. The summed E-state index contributed by atoms with van der Waals surface area (Å²) in [6.45, 7) is 13.9. The summed E-state index contributed by atoms with van der Waals surface area (Å²) in [5.74, 6) is 1.47. The molecule has 0 aromatic carbocycles. The Bertz CT molecular complexity index is 735. The van der Waals surface area contributed by atoms with Gasteiger partial charge in [-0.3, -0.25) is 9.97 Å². The highest BCUT2D eigenvalue weighted by molar-refractivity contribution is 6.89. The zero-order valence-electron chi connectivity index (χ0n) is 16.7. The van der Waals surface area contributed by atoms with Crippen molar-refractivity contribution in [2.45, 2.75) is 72.0 Å². The summed E-state index contributed by atoms with van der Waals surface area (Å²) < 4.78 is 0. The fourth-order valence-corrected chi connectivity index (χ4v) is 5.94. The monoisotopic (exact) mass is 352 g/mol. The van der Waals surface area contributed by atoms with Crippen molar-refractivity contribution in [3.63, 3.8) is 0 Å². The second-order valence-corrected chi connectivity index (χ2v) is 13.9. The molecule has 0 N–H and O–H groups in total. The number of aromatic nitrogens is 2. The fraction of sp³-hybridized carbons (Fsp3) is 0.545.